The molecule has 1 aliphatic rings. The van der Waals surface area contributed by atoms with Crippen LogP contribution in [0.15, 0.2) is 18.2 Å². The Labute approximate surface area is 115 Å². The zero-order valence-electron chi connectivity index (χ0n) is 12.2. The van der Waals surface area contributed by atoms with Crippen molar-refractivity contribution in [2.24, 2.45) is 11.7 Å². The van der Waals surface area contributed by atoms with Gasteiger partial charge >= 0.3 is 0 Å². The maximum absolute atomic E-state index is 13.4. The molecule has 1 saturated carbocycles. The van der Waals surface area contributed by atoms with Crippen LogP contribution in [0.2, 0.25) is 0 Å². The molecule has 1 aromatic rings. The average molecular weight is 264 g/mol. The molecule has 19 heavy (non-hydrogen) atoms. The van der Waals surface area contributed by atoms with Crippen molar-refractivity contribution in [3.8, 4) is 0 Å². The van der Waals surface area contributed by atoms with Crippen LogP contribution < -0.4 is 10.6 Å². The van der Waals surface area contributed by atoms with Crippen LogP contribution in [0.3, 0.4) is 0 Å². The lowest BCUT2D eigenvalue weighted by atomic mass is 9.86. The second kappa shape index (κ2) is 5.91. The highest BCUT2D eigenvalue weighted by Crippen LogP contribution is 2.32. The second-order valence-corrected chi connectivity index (χ2v) is 6.02. The first-order valence-electron chi connectivity index (χ1n) is 7.27. The molecule has 0 aromatic heterocycles. The highest BCUT2D eigenvalue weighted by Gasteiger charge is 2.23. The van der Waals surface area contributed by atoms with Crippen LogP contribution in [0.1, 0.15) is 51.1 Å². The van der Waals surface area contributed by atoms with E-state index in [1.165, 1.54) is 31.7 Å². The number of anilines is 1. The fraction of sp³-hybridized carbons (Fsp3) is 0.625. The summed E-state index contributed by atoms with van der Waals surface area (Å²) in [6, 6.07) is 5.38. The van der Waals surface area contributed by atoms with Gasteiger partial charge in [-0.2, -0.15) is 0 Å². The van der Waals surface area contributed by atoms with E-state index in [4.69, 9.17) is 5.73 Å². The second-order valence-electron chi connectivity index (χ2n) is 6.02. The van der Waals surface area contributed by atoms with Gasteiger partial charge in [0.25, 0.3) is 0 Å². The molecule has 1 fully saturated rings. The van der Waals surface area contributed by atoms with Gasteiger partial charge in [0.1, 0.15) is 5.82 Å². The molecule has 1 atom stereocenters. The van der Waals surface area contributed by atoms with Gasteiger partial charge in [0, 0.05) is 24.8 Å². The van der Waals surface area contributed by atoms with Gasteiger partial charge < -0.3 is 10.6 Å². The van der Waals surface area contributed by atoms with E-state index in [1.807, 2.05) is 13.0 Å². The fourth-order valence-corrected chi connectivity index (χ4v) is 3.04. The van der Waals surface area contributed by atoms with E-state index in [9.17, 15) is 4.39 Å². The van der Waals surface area contributed by atoms with Crippen molar-refractivity contribution in [2.45, 2.75) is 51.6 Å². The summed E-state index contributed by atoms with van der Waals surface area (Å²) in [4.78, 5) is 2.30. The SMILES string of the molecule is CC1CCC(N(C)c2ccc(F)cc2[C@H](C)N)CC1. The van der Waals surface area contributed by atoms with Gasteiger partial charge in [-0.1, -0.05) is 6.92 Å². The molecule has 0 spiro atoms. The van der Waals surface area contributed by atoms with Crippen LogP contribution in [0.5, 0.6) is 0 Å². The number of rotatable bonds is 3. The quantitative estimate of drug-likeness (QED) is 0.898. The molecule has 0 saturated heterocycles. The Morgan fingerprint density at radius 2 is 1.89 bits per heavy atom. The van der Waals surface area contributed by atoms with Crippen molar-refractivity contribution in [3.63, 3.8) is 0 Å². The summed E-state index contributed by atoms with van der Waals surface area (Å²) in [5, 5.41) is 0. The third kappa shape index (κ3) is 3.27. The number of nitrogens with zero attached hydrogens (tertiary/aromatic N) is 1. The van der Waals surface area contributed by atoms with Crippen LogP contribution in [-0.2, 0) is 0 Å². The third-order valence-corrected chi connectivity index (χ3v) is 4.39. The predicted octanol–water partition coefficient (Wildman–Crippen LogP) is 3.86. The lowest BCUT2D eigenvalue weighted by Gasteiger charge is -2.36. The van der Waals surface area contributed by atoms with Gasteiger partial charge in [-0.05, 0) is 62.3 Å². The van der Waals surface area contributed by atoms with Crippen molar-refractivity contribution in [1.82, 2.24) is 0 Å². The fourth-order valence-electron chi connectivity index (χ4n) is 3.04. The monoisotopic (exact) mass is 264 g/mol. The number of benzene rings is 1. The normalized spacial score (nSPS) is 25.1. The van der Waals surface area contributed by atoms with Crippen LogP contribution in [0.25, 0.3) is 0 Å². The minimum Gasteiger partial charge on any atom is -0.371 e. The Balaban J connectivity index is 2.21. The van der Waals surface area contributed by atoms with Gasteiger partial charge in [0.05, 0.1) is 0 Å². The summed E-state index contributed by atoms with van der Waals surface area (Å²) in [5.74, 6) is 0.632. The van der Waals surface area contributed by atoms with Crippen molar-refractivity contribution in [2.75, 3.05) is 11.9 Å². The zero-order valence-corrected chi connectivity index (χ0v) is 12.2. The number of hydrogen-bond donors (Lipinski definition) is 1. The molecule has 0 unspecified atom stereocenters. The molecule has 0 amide bonds. The molecule has 0 bridgehead atoms. The van der Waals surface area contributed by atoms with E-state index >= 15 is 0 Å². The molecular formula is C16H25FN2. The number of halogens is 1. The largest absolute Gasteiger partial charge is 0.371 e. The predicted molar refractivity (Wildman–Crippen MR) is 78.8 cm³/mol. The summed E-state index contributed by atoms with van der Waals surface area (Å²) in [6.07, 6.45) is 4.99. The van der Waals surface area contributed by atoms with Gasteiger partial charge in [0.2, 0.25) is 0 Å². The maximum Gasteiger partial charge on any atom is 0.123 e. The Kier molecular flexibility index (Phi) is 4.46. The summed E-state index contributed by atoms with van der Waals surface area (Å²) < 4.78 is 13.4. The van der Waals surface area contributed by atoms with E-state index in [0.29, 0.717) is 6.04 Å². The Bertz CT molecular complexity index is 423. The van der Waals surface area contributed by atoms with Crippen LogP contribution >= 0.6 is 0 Å². The number of hydrogen-bond acceptors (Lipinski definition) is 2. The first kappa shape index (κ1) is 14.3. The van der Waals surface area contributed by atoms with Crippen molar-refractivity contribution in [3.05, 3.63) is 29.6 Å². The maximum atomic E-state index is 13.4. The molecule has 0 heterocycles. The molecule has 0 aliphatic heterocycles. The average Bonchev–Trinajstić information content (AvgIpc) is 2.38. The highest BCUT2D eigenvalue weighted by atomic mass is 19.1. The summed E-state index contributed by atoms with van der Waals surface area (Å²) in [6.45, 7) is 4.23. The molecule has 1 aromatic carbocycles. The van der Waals surface area contributed by atoms with Crippen molar-refractivity contribution < 1.29 is 4.39 Å². The van der Waals surface area contributed by atoms with E-state index in [2.05, 4.69) is 18.9 Å². The molecule has 3 heteroatoms. The lowest BCUT2D eigenvalue weighted by molar-refractivity contribution is 0.340. The first-order valence-corrected chi connectivity index (χ1v) is 7.27. The minimum absolute atomic E-state index is 0.143. The smallest absolute Gasteiger partial charge is 0.123 e. The van der Waals surface area contributed by atoms with Crippen LogP contribution in [0, 0.1) is 11.7 Å². The van der Waals surface area contributed by atoms with Crippen molar-refractivity contribution in [1.29, 1.82) is 0 Å². The zero-order chi connectivity index (χ0) is 14.0. The van der Waals surface area contributed by atoms with Gasteiger partial charge in [-0.3, -0.25) is 0 Å². The van der Waals surface area contributed by atoms with Gasteiger partial charge in [-0.15, -0.1) is 0 Å². The molecule has 2 nitrogen and oxygen atoms in total. The molecule has 106 valence electrons. The molecule has 1 aliphatic carbocycles. The van der Waals surface area contributed by atoms with E-state index in [0.717, 1.165) is 17.2 Å². The van der Waals surface area contributed by atoms with Crippen molar-refractivity contribution >= 4 is 5.69 Å². The lowest BCUT2D eigenvalue weighted by Crippen LogP contribution is -2.35. The Hall–Kier alpha value is -1.09. The highest BCUT2D eigenvalue weighted by molar-refractivity contribution is 5.55. The van der Waals surface area contributed by atoms with Crippen LogP contribution in [-0.4, -0.2) is 13.1 Å². The summed E-state index contributed by atoms with van der Waals surface area (Å²) >= 11 is 0. The molecule has 2 rings (SSSR count). The molecule has 0 radical (unpaired) electrons. The number of nitrogens with two attached hydrogens (primary N) is 1. The van der Waals surface area contributed by atoms with Gasteiger partial charge in [0.15, 0.2) is 0 Å². The third-order valence-electron chi connectivity index (χ3n) is 4.39. The van der Waals surface area contributed by atoms with Crippen LogP contribution in [0.4, 0.5) is 10.1 Å². The van der Waals surface area contributed by atoms with E-state index in [1.54, 1.807) is 6.07 Å². The first-order chi connectivity index (χ1) is 8.99. The van der Waals surface area contributed by atoms with E-state index in [-0.39, 0.29) is 11.9 Å². The molecular weight excluding hydrogens is 239 g/mol. The van der Waals surface area contributed by atoms with Gasteiger partial charge in [-0.25, -0.2) is 4.39 Å². The van der Waals surface area contributed by atoms with E-state index < -0.39 is 0 Å². The Morgan fingerprint density at radius 3 is 2.47 bits per heavy atom. The standard InChI is InChI=1S/C16H25FN2/c1-11-4-7-14(8-5-11)19(3)16-9-6-13(17)10-15(16)12(2)18/h6,9-12,14H,4-5,7-8,18H2,1-3H3/t11?,12-,14?/m0/s1. The Morgan fingerprint density at radius 1 is 1.26 bits per heavy atom. The minimum atomic E-state index is -0.207. The summed E-state index contributed by atoms with van der Waals surface area (Å²) in [5.41, 5.74) is 7.96. The topological polar surface area (TPSA) is 29.3 Å². The summed E-state index contributed by atoms with van der Waals surface area (Å²) in [7, 11) is 2.11. The molecule has 2 N–H and O–H groups in total.